The van der Waals surface area contributed by atoms with Crippen molar-refractivity contribution in [1.29, 1.82) is 0 Å². The molecule has 14 aromatic rings. The van der Waals surface area contributed by atoms with Gasteiger partial charge in [-0.25, -0.2) is 15.0 Å². The average molecular weight is 821 g/mol. The zero-order valence-electron chi connectivity index (χ0n) is 33.6. The van der Waals surface area contributed by atoms with Crippen molar-refractivity contribution in [3.8, 4) is 39.9 Å². The number of para-hydroxylation sites is 1. The summed E-state index contributed by atoms with van der Waals surface area (Å²) in [5.41, 5.74) is 7.71. The minimum absolute atomic E-state index is 0.561. The molecule has 0 atom stereocenters. The van der Waals surface area contributed by atoms with Crippen LogP contribution >= 0.6 is 11.3 Å². The van der Waals surface area contributed by atoms with Gasteiger partial charge in [0.2, 0.25) is 0 Å². The molecule has 0 bridgehead atoms. The number of benzene rings is 10. The first-order chi connectivity index (χ1) is 31.2. The van der Waals surface area contributed by atoms with E-state index in [0.717, 1.165) is 71.5 Å². The van der Waals surface area contributed by atoms with E-state index in [1.807, 2.05) is 18.2 Å². The van der Waals surface area contributed by atoms with E-state index in [2.05, 4.69) is 180 Å². The first-order valence-corrected chi connectivity index (χ1v) is 22.0. The van der Waals surface area contributed by atoms with E-state index >= 15 is 0 Å². The van der Waals surface area contributed by atoms with Gasteiger partial charge in [-0.1, -0.05) is 146 Å². The Morgan fingerprint density at radius 1 is 0.365 bits per heavy atom. The van der Waals surface area contributed by atoms with E-state index in [9.17, 15) is 0 Å². The summed E-state index contributed by atoms with van der Waals surface area (Å²) < 4.78 is 12.0. The lowest BCUT2D eigenvalue weighted by Crippen LogP contribution is -2.00. The van der Waals surface area contributed by atoms with Crippen molar-refractivity contribution in [2.24, 2.45) is 0 Å². The number of thiophene rings is 1. The third-order valence-corrected chi connectivity index (χ3v) is 13.9. The number of hydrogen-bond acceptors (Lipinski definition) is 5. The third-order valence-electron chi connectivity index (χ3n) is 12.8. The Morgan fingerprint density at radius 3 is 1.62 bits per heavy atom. The zero-order chi connectivity index (χ0) is 41.2. The van der Waals surface area contributed by atoms with Crippen LogP contribution in [0.15, 0.2) is 199 Å². The van der Waals surface area contributed by atoms with Gasteiger partial charge in [0, 0.05) is 63.6 Å². The minimum atomic E-state index is 0.561. The Bertz CT molecular complexity index is 4130. The van der Waals surface area contributed by atoms with E-state index < -0.39 is 0 Å². The van der Waals surface area contributed by atoms with Gasteiger partial charge >= 0.3 is 0 Å². The zero-order valence-corrected chi connectivity index (χ0v) is 34.4. The normalized spacial score (nSPS) is 12.1. The highest BCUT2D eigenvalue weighted by atomic mass is 32.1. The number of fused-ring (bicyclic) bond motifs is 13. The van der Waals surface area contributed by atoms with Gasteiger partial charge in [-0.15, -0.1) is 11.3 Å². The van der Waals surface area contributed by atoms with E-state index in [-0.39, 0.29) is 0 Å². The predicted molar refractivity (Wildman–Crippen MR) is 263 cm³/mol. The maximum absolute atomic E-state index is 7.11. The fraction of sp³-hybridized carbons (Fsp3) is 0. The summed E-state index contributed by atoms with van der Waals surface area (Å²) in [5, 5.41) is 13.8. The molecule has 4 aromatic heterocycles. The average Bonchev–Trinajstić information content (AvgIpc) is 4.02. The molecule has 292 valence electrons. The van der Waals surface area contributed by atoms with Crippen LogP contribution < -0.4 is 0 Å². The van der Waals surface area contributed by atoms with Crippen LogP contribution in [0.3, 0.4) is 0 Å². The topological polar surface area (TPSA) is 56.7 Å². The molecule has 0 spiro atoms. The van der Waals surface area contributed by atoms with Crippen LogP contribution in [-0.2, 0) is 0 Å². The van der Waals surface area contributed by atoms with Gasteiger partial charge in [0.1, 0.15) is 11.2 Å². The summed E-state index contributed by atoms with van der Waals surface area (Å²) in [6.07, 6.45) is 0. The molecular formula is C57H32N4OS. The molecule has 63 heavy (non-hydrogen) atoms. The van der Waals surface area contributed by atoms with Crippen molar-refractivity contribution in [2.45, 2.75) is 0 Å². The molecule has 0 fully saturated rings. The lowest BCUT2D eigenvalue weighted by atomic mass is 10.0. The second kappa shape index (κ2) is 13.2. The maximum atomic E-state index is 7.11. The molecule has 0 saturated carbocycles. The number of nitrogens with zero attached hydrogens (tertiary/aromatic N) is 4. The van der Waals surface area contributed by atoms with Crippen molar-refractivity contribution in [2.75, 3.05) is 0 Å². The lowest BCUT2D eigenvalue weighted by molar-refractivity contribution is 0.673. The molecule has 0 unspecified atom stereocenters. The highest BCUT2D eigenvalue weighted by molar-refractivity contribution is 7.25. The first kappa shape index (κ1) is 34.5. The molecule has 4 heterocycles. The van der Waals surface area contributed by atoms with Crippen molar-refractivity contribution in [3.63, 3.8) is 0 Å². The Labute approximate surface area is 363 Å². The monoisotopic (exact) mass is 820 g/mol. The highest BCUT2D eigenvalue weighted by Crippen LogP contribution is 2.45. The predicted octanol–water partition coefficient (Wildman–Crippen LogP) is 15.7. The van der Waals surface area contributed by atoms with Crippen LogP contribution in [0.4, 0.5) is 0 Å². The SMILES string of the molecule is c1ccc(-c2nc(-c3cccc4c3oc3c5ccccc5c(-n5c6cc7ccccc7cc6c6cc7ccccc7cc65)cc43)nc(-c3cccc4sc5ccccc5c34)n2)cc1. The summed E-state index contributed by atoms with van der Waals surface area (Å²) in [7, 11) is 0. The molecule has 14 rings (SSSR count). The largest absolute Gasteiger partial charge is 0.455 e. The number of furan rings is 1. The van der Waals surface area contributed by atoms with Crippen molar-refractivity contribution in [1.82, 2.24) is 19.5 Å². The van der Waals surface area contributed by atoms with Gasteiger partial charge in [-0.05, 0) is 70.1 Å². The molecule has 5 nitrogen and oxygen atoms in total. The summed E-state index contributed by atoms with van der Waals surface area (Å²) in [6.45, 7) is 0. The van der Waals surface area contributed by atoms with E-state index in [1.54, 1.807) is 11.3 Å². The Balaban J connectivity index is 1.05. The summed E-state index contributed by atoms with van der Waals surface area (Å²) in [4.78, 5) is 15.7. The fourth-order valence-electron chi connectivity index (χ4n) is 9.90. The van der Waals surface area contributed by atoms with Gasteiger partial charge in [0.25, 0.3) is 0 Å². The smallest absolute Gasteiger partial charge is 0.167 e. The molecule has 0 saturated heterocycles. The van der Waals surface area contributed by atoms with Crippen LogP contribution in [0.25, 0.3) is 136 Å². The van der Waals surface area contributed by atoms with Crippen LogP contribution in [0.1, 0.15) is 0 Å². The maximum Gasteiger partial charge on any atom is 0.167 e. The van der Waals surface area contributed by atoms with Gasteiger partial charge in [-0.3, -0.25) is 0 Å². The van der Waals surface area contributed by atoms with Crippen molar-refractivity contribution >= 4 is 108 Å². The fourth-order valence-corrected chi connectivity index (χ4v) is 11.0. The number of aromatic nitrogens is 4. The minimum Gasteiger partial charge on any atom is -0.455 e. The van der Waals surface area contributed by atoms with Crippen LogP contribution in [0.2, 0.25) is 0 Å². The van der Waals surface area contributed by atoms with Gasteiger partial charge < -0.3 is 8.98 Å². The third kappa shape index (κ3) is 5.13. The van der Waals surface area contributed by atoms with Crippen LogP contribution in [0.5, 0.6) is 0 Å². The Kier molecular flexibility index (Phi) is 7.21. The second-order valence-electron chi connectivity index (χ2n) is 16.3. The van der Waals surface area contributed by atoms with Gasteiger partial charge in [0.15, 0.2) is 17.5 Å². The first-order valence-electron chi connectivity index (χ1n) is 21.2. The van der Waals surface area contributed by atoms with E-state index in [4.69, 9.17) is 19.4 Å². The Hall–Kier alpha value is -8.19. The van der Waals surface area contributed by atoms with Gasteiger partial charge in [0.05, 0.1) is 22.3 Å². The number of hydrogen-bond donors (Lipinski definition) is 0. The quantitative estimate of drug-likeness (QED) is 0.177. The summed E-state index contributed by atoms with van der Waals surface area (Å²) in [5.74, 6) is 1.80. The standard InChI is InChI=1S/C57H32N4OS/c1-2-14-33(15-3-1)55-58-56(42-24-13-27-51-52(42)41-22-10-11-26-50(41)63-51)60-57(59-55)43-25-12-23-40-46-32-49(38-20-8-9-21-39(38)54(46)62-53(40)43)61-47-30-36-18-6-4-16-34(36)28-44(47)45-29-35-17-5-7-19-37(35)31-48(45)61/h1-32H. The van der Waals surface area contributed by atoms with Gasteiger partial charge in [-0.2, -0.15) is 0 Å². The molecule has 0 aliphatic carbocycles. The van der Waals surface area contributed by atoms with Crippen molar-refractivity contribution in [3.05, 3.63) is 194 Å². The molecule has 0 N–H and O–H groups in total. The van der Waals surface area contributed by atoms with Crippen molar-refractivity contribution < 1.29 is 4.42 Å². The van der Waals surface area contributed by atoms with Crippen LogP contribution in [-0.4, -0.2) is 19.5 Å². The molecule has 0 amide bonds. The number of rotatable bonds is 4. The molecule has 6 heteroatoms. The highest BCUT2D eigenvalue weighted by Gasteiger charge is 2.23. The summed E-state index contributed by atoms with van der Waals surface area (Å²) in [6, 6.07) is 69.2. The summed E-state index contributed by atoms with van der Waals surface area (Å²) >= 11 is 1.79. The molecule has 10 aromatic carbocycles. The molecule has 0 radical (unpaired) electrons. The Morgan fingerprint density at radius 2 is 0.889 bits per heavy atom. The second-order valence-corrected chi connectivity index (χ2v) is 17.4. The molecule has 0 aliphatic rings. The lowest BCUT2D eigenvalue weighted by Gasteiger charge is -2.13. The molecule has 0 aliphatic heterocycles. The van der Waals surface area contributed by atoms with Crippen LogP contribution in [0, 0.1) is 0 Å². The van der Waals surface area contributed by atoms with E-state index in [1.165, 1.54) is 47.1 Å². The molecular weight excluding hydrogens is 789 g/mol. The van der Waals surface area contributed by atoms with E-state index in [0.29, 0.717) is 17.5 Å².